The van der Waals surface area contributed by atoms with Gasteiger partial charge in [-0.05, 0) is 105 Å². The van der Waals surface area contributed by atoms with E-state index in [1.54, 1.807) is 6.92 Å². The van der Waals surface area contributed by atoms with Gasteiger partial charge in [0.2, 0.25) is 0 Å². The third kappa shape index (κ3) is 8.64. The molecule has 1 spiro atoms. The molecule has 0 radical (unpaired) electrons. The Morgan fingerprint density at radius 3 is 1.76 bits per heavy atom. The van der Waals surface area contributed by atoms with E-state index in [1.807, 2.05) is 6.92 Å². The fraction of sp³-hybridized carbons (Fsp3) is 0.963. The molecule has 2 bridgehead atoms. The molecule has 10 unspecified atom stereocenters. The van der Waals surface area contributed by atoms with Crippen LogP contribution in [-0.4, -0.2) is 222 Å². The fourth-order valence-electron chi connectivity index (χ4n) is 17.1. The third-order valence-corrected chi connectivity index (χ3v) is 22.1. The molecule has 4 saturated carbocycles. The number of aliphatic hydroxyl groups is 12. The monoisotopic (exact) mass is 1070 g/mol. The molecular weight excluding hydrogens is 985 g/mol. The summed E-state index contributed by atoms with van der Waals surface area (Å²) in [5.74, 6) is 0.524. The summed E-state index contributed by atoms with van der Waals surface area (Å²) in [4.78, 5) is 0. The van der Waals surface area contributed by atoms with Crippen LogP contribution < -0.4 is 0 Å². The number of ether oxygens (including phenoxy) is 9. The van der Waals surface area contributed by atoms with E-state index in [0.29, 0.717) is 18.8 Å². The van der Waals surface area contributed by atoms with Crippen LogP contribution in [0, 0.1) is 50.2 Å². The van der Waals surface area contributed by atoms with E-state index in [1.165, 1.54) is 19.8 Å². The highest BCUT2D eigenvalue weighted by Crippen LogP contribution is 2.79. The van der Waals surface area contributed by atoms with E-state index in [0.717, 1.165) is 38.7 Å². The minimum absolute atomic E-state index is 0.0621. The second-order valence-corrected chi connectivity index (χ2v) is 26.5. The summed E-state index contributed by atoms with van der Waals surface area (Å²) in [5.41, 5.74) is -1.37. The van der Waals surface area contributed by atoms with Crippen LogP contribution >= 0.6 is 0 Å². The second kappa shape index (κ2) is 20.1. The van der Waals surface area contributed by atoms with Crippen LogP contribution in [0.4, 0.5) is 0 Å². The van der Waals surface area contributed by atoms with Gasteiger partial charge in [0.15, 0.2) is 25.2 Å². The molecule has 10 aliphatic rings. The highest BCUT2D eigenvalue weighted by molar-refractivity contribution is 5.35. The maximum Gasteiger partial charge on any atom is 0.187 e. The number of fused-ring (bicyclic) bond motifs is 4. The lowest BCUT2D eigenvalue weighted by Crippen LogP contribution is -2.71. The van der Waals surface area contributed by atoms with Crippen LogP contribution in [0.1, 0.15) is 113 Å². The molecule has 0 amide bonds. The lowest BCUT2D eigenvalue weighted by molar-refractivity contribution is -0.403. The van der Waals surface area contributed by atoms with Crippen molar-refractivity contribution in [1.82, 2.24) is 0 Å². The summed E-state index contributed by atoms with van der Waals surface area (Å²) in [6.07, 6.45) is -19.8. The van der Waals surface area contributed by atoms with Crippen molar-refractivity contribution in [3.8, 4) is 0 Å². The van der Waals surface area contributed by atoms with Crippen LogP contribution in [0.5, 0.6) is 0 Å². The van der Waals surface area contributed by atoms with Crippen molar-refractivity contribution in [3.63, 3.8) is 0 Å². The first kappa shape index (κ1) is 57.1. The largest absolute Gasteiger partial charge is 0.396 e. The van der Waals surface area contributed by atoms with Gasteiger partial charge in [-0.3, -0.25) is 0 Å². The van der Waals surface area contributed by atoms with E-state index in [-0.39, 0.29) is 51.1 Å². The first-order chi connectivity index (χ1) is 35.2. The zero-order valence-electron chi connectivity index (χ0n) is 44.7. The van der Waals surface area contributed by atoms with E-state index in [9.17, 15) is 61.3 Å². The molecule has 21 nitrogen and oxygen atoms in total. The van der Waals surface area contributed by atoms with Gasteiger partial charge in [0, 0.05) is 16.7 Å². The van der Waals surface area contributed by atoms with Crippen molar-refractivity contribution in [3.05, 3.63) is 12.2 Å². The fourth-order valence-corrected chi connectivity index (χ4v) is 17.1. The number of rotatable bonds is 11. The average molecular weight is 1070 g/mol. The molecule has 5 saturated heterocycles. The predicted molar refractivity (Wildman–Crippen MR) is 259 cm³/mol. The van der Waals surface area contributed by atoms with E-state index in [2.05, 4.69) is 46.8 Å². The van der Waals surface area contributed by atoms with Gasteiger partial charge in [-0.25, -0.2) is 0 Å². The van der Waals surface area contributed by atoms with Gasteiger partial charge in [-0.15, -0.1) is 0 Å². The third-order valence-electron chi connectivity index (χ3n) is 22.1. The Hall–Kier alpha value is -1.10. The first-order valence-corrected chi connectivity index (χ1v) is 27.7. The SMILES string of the molecule is C[C@@H]1O[C@@H](O[C@H]2[C@H](O)[C@@H](O)[C@H](O[C@H]3[C@@H](O)[C@@H](C)O[C@@H](OC4CCC5(C)C(CCC6(C)C5C=CC57OCC8(CCC(C)(C)CC85)CCC67C)C4(C)CO)[C@@H]3O[C@@H]3O[C@H](CO)[C@@H](O)[C@H](O)[C@H]3O)O[C@@H]2CO)[C@H](O)[C@H](O)[C@H]1O. The molecule has 5 aliphatic carbocycles. The molecule has 0 aromatic heterocycles. The zero-order valence-corrected chi connectivity index (χ0v) is 44.7. The van der Waals surface area contributed by atoms with Crippen molar-refractivity contribution in [2.45, 2.75) is 248 Å². The van der Waals surface area contributed by atoms with Gasteiger partial charge in [-0.1, -0.05) is 53.7 Å². The topological polar surface area (TPSA) is 326 Å². The number of allylic oxidation sites excluding steroid dienone is 1. The van der Waals surface area contributed by atoms with E-state index >= 15 is 0 Å². The lowest BCUT2D eigenvalue weighted by Gasteiger charge is -2.73. The normalized spacial score (nSPS) is 58.3. The molecule has 0 aromatic carbocycles. The van der Waals surface area contributed by atoms with E-state index < -0.39 is 148 Å². The minimum Gasteiger partial charge on any atom is -0.396 e. The van der Waals surface area contributed by atoms with Gasteiger partial charge < -0.3 is 104 Å². The summed E-state index contributed by atoms with van der Waals surface area (Å²) in [7, 11) is 0. The van der Waals surface area contributed by atoms with Gasteiger partial charge in [0.1, 0.15) is 85.5 Å². The van der Waals surface area contributed by atoms with Crippen LogP contribution in [0.25, 0.3) is 0 Å². The Labute approximate surface area is 439 Å². The Bertz CT molecular complexity index is 2070. The molecule has 0 aromatic rings. The number of hydrogen-bond donors (Lipinski definition) is 12. The summed E-state index contributed by atoms with van der Waals surface area (Å²) in [6.45, 7) is 16.1. The predicted octanol–water partition coefficient (Wildman–Crippen LogP) is -0.518. The summed E-state index contributed by atoms with van der Waals surface area (Å²) < 4.78 is 56.6. The Balaban J connectivity index is 0.932. The number of aliphatic hydroxyl groups excluding tert-OH is 12. The highest BCUT2D eigenvalue weighted by Gasteiger charge is 2.77. The quantitative estimate of drug-likeness (QED) is 0.0915. The van der Waals surface area contributed by atoms with Crippen molar-refractivity contribution in [2.75, 3.05) is 26.4 Å². The van der Waals surface area contributed by atoms with Gasteiger partial charge >= 0.3 is 0 Å². The molecule has 5 heterocycles. The van der Waals surface area contributed by atoms with Crippen LogP contribution in [0.3, 0.4) is 0 Å². The molecule has 30 atom stereocenters. The van der Waals surface area contributed by atoms with Gasteiger partial charge in [0.05, 0.1) is 50.3 Å². The van der Waals surface area contributed by atoms with E-state index in [4.69, 9.17) is 42.6 Å². The molecule has 75 heavy (non-hydrogen) atoms. The Kier molecular flexibility index (Phi) is 15.3. The molecule has 9 fully saturated rings. The van der Waals surface area contributed by atoms with Crippen molar-refractivity contribution < 1.29 is 104 Å². The molecule has 21 heteroatoms. The van der Waals surface area contributed by atoms with Gasteiger partial charge in [0.25, 0.3) is 0 Å². The molecule has 10 rings (SSSR count). The first-order valence-electron chi connectivity index (χ1n) is 27.7. The maximum absolute atomic E-state index is 12.0. The highest BCUT2D eigenvalue weighted by atomic mass is 16.8. The summed E-state index contributed by atoms with van der Waals surface area (Å²) in [5, 5.41) is 132. The standard InChI is InChI=1S/C54H88O21/c1-24-32(58)35(61)38(64)44(68-24)73-41-27(21-56)71-46(40(66)37(41)63)74-42-33(59)25(2)69-47(43(42)75-45-39(65)36(62)34(60)26(20-55)70-45)72-31-11-12-49(5)28(50(31,6)22-57)9-13-51(7)29(49)10-14-54-30-19-48(3,4)15-17-53(30,23-67-54)18-16-52(51,54)8/h10,14,24-47,55-66H,9,11-13,15-23H2,1-8H3/t24-,25+,26+,27+,28?,29?,30?,31?,32-,33-,34+,35+,36-,37+,38+,39+,40+,41+,42-,43+,44-,45-,46-,47-,49?,50?,51?,52?,53?,54?/m0/s1. The number of hydrogen-bond acceptors (Lipinski definition) is 21. The van der Waals surface area contributed by atoms with Crippen molar-refractivity contribution in [2.24, 2.45) is 50.2 Å². The Morgan fingerprint density at radius 1 is 0.520 bits per heavy atom. The second-order valence-electron chi connectivity index (χ2n) is 26.5. The smallest absolute Gasteiger partial charge is 0.187 e. The minimum atomic E-state index is -1.99. The van der Waals surface area contributed by atoms with Crippen molar-refractivity contribution >= 4 is 0 Å². The molecule has 12 N–H and O–H groups in total. The van der Waals surface area contributed by atoms with Crippen LogP contribution in [0.15, 0.2) is 12.2 Å². The average Bonchev–Trinajstić information content (AvgIpc) is 3.63. The molecular formula is C54H88O21. The summed E-state index contributed by atoms with van der Waals surface area (Å²) in [6, 6.07) is 0. The van der Waals surface area contributed by atoms with Crippen LogP contribution in [0.2, 0.25) is 0 Å². The maximum atomic E-state index is 12.0. The summed E-state index contributed by atoms with van der Waals surface area (Å²) >= 11 is 0. The molecule has 5 aliphatic heterocycles. The lowest BCUT2D eigenvalue weighted by atomic mass is 9.32. The van der Waals surface area contributed by atoms with Crippen molar-refractivity contribution in [1.29, 1.82) is 0 Å². The Morgan fingerprint density at radius 2 is 1.09 bits per heavy atom. The molecule has 430 valence electrons. The van der Waals surface area contributed by atoms with Gasteiger partial charge in [-0.2, -0.15) is 0 Å². The van der Waals surface area contributed by atoms with Crippen LogP contribution in [-0.2, 0) is 42.6 Å². The zero-order chi connectivity index (χ0) is 54.3.